The van der Waals surface area contributed by atoms with E-state index in [0.717, 1.165) is 36.2 Å². The van der Waals surface area contributed by atoms with Gasteiger partial charge in [0.05, 0.1) is 6.42 Å². The van der Waals surface area contributed by atoms with Crippen LogP contribution in [0.5, 0.6) is 0 Å². The number of para-hydroxylation sites is 1. The molecule has 0 bridgehead atoms. The van der Waals surface area contributed by atoms with Gasteiger partial charge >= 0.3 is 0 Å². The lowest BCUT2D eigenvalue weighted by Gasteiger charge is -2.21. The van der Waals surface area contributed by atoms with Crippen LogP contribution < -0.4 is 16.0 Å². The zero-order chi connectivity index (χ0) is 19.9. The van der Waals surface area contributed by atoms with Gasteiger partial charge in [0, 0.05) is 30.4 Å². The molecule has 2 aromatic rings. The second-order valence-electron chi connectivity index (χ2n) is 7.45. The normalized spacial score (nSPS) is 18.0. The number of nitrogens with zero attached hydrogens (tertiary/aromatic N) is 1. The summed E-state index contributed by atoms with van der Waals surface area (Å²) in [5.74, 6) is 0.350. The molecular formula is C23H30ClN3O2. The van der Waals surface area contributed by atoms with E-state index in [1.165, 1.54) is 0 Å². The van der Waals surface area contributed by atoms with Crippen LogP contribution in [0.25, 0.3) is 0 Å². The number of nitrogens with two attached hydrogens (primary N) is 1. The Bertz CT molecular complexity index is 796. The fraction of sp³-hybridized carbons (Fsp3) is 0.391. The molecule has 6 heteroatoms. The fourth-order valence-electron chi connectivity index (χ4n) is 3.86. The van der Waals surface area contributed by atoms with E-state index in [1.54, 1.807) is 4.90 Å². The van der Waals surface area contributed by atoms with Gasteiger partial charge in [0.2, 0.25) is 11.8 Å². The first kappa shape index (κ1) is 22.9. The highest BCUT2D eigenvalue weighted by Gasteiger charge is 2.26. The standard InChI is InChI=1S/C23H29N3O2.ClH/c1-2-26(20-8-4-3-5-9-20)23(28)15-17-11-13-19(14-12-17)25-22(27)16-18-7-6-10-21(18)24;/h3-5,8-9,11-14,18,21H,2,6-7,10,15-16,24H2,1H3,(H,25,27);1H/t18-,21+;/m0./s1. The van der Waals surface area contributed by atoms with Gasteiger partial charge < -0.3 is 16.0 Å². The molecule has 0 heterocycles. The SMILES string of the molecule is CCN(C(=O)Cc1ccc(NC(=O)C[C@@H]2CCC[C@H]2N)cc1)c1ccccc1.Cl. The number of nitrogens with one attached hydrogen (secondary N) is 1. The van der Waals surface area contributed by atoms with Crippen molar-refractivity contribution in [1.29, 1.82) is 0 Å². The third-order valence-corrected chi connectivity index (χ3v) is 5.44. The lowest BCUT2D eigenvalue weighted by molar-refractivity contribution is -0.118. The van der Waals surface area contributed by atoms with Crippen molar-refractivity contribution in [2.45, 2.75) is 45.1 Å². The van der Waals surface area contributed by atoms with Gasteiger partial charge in [-0.15, -0.1) is 12.4 Å². The van der Waals surface area contributed by atoms with Crippen molar-refractivity contribution in [2.75, 3.05) is 16.8 Å². The number of benzene rings is 2. The molecule has 2 atom stereocenters. The molecule has 0 radical (unpaired) electrons. The van der Waals surface area contributed by atoms with Crippen molar-refractivity contribution < 1.29 is 9.59 Å². The Kier molecular flexibility index (Phi) is 8.68. The molecule has 29 heavy (non-hydrogen) atoms. The molecule has 1 aliphatic rings. The minimum atomic E-state index is 0. The molecule has 0 saturated heterocycles. The summed E-state index contributed by atoms with van der Waals surface area (Å²) >= 11 is 0. The molecule has 0 unspecified atom stereocenters. The Morgan fingerprint density at radius 3 is 2.34 bits per heavy atom. The van der Waals surface area contributed by atoms with E-state index in [1.807, 2.05) is 61.5 Å². The van der Waals surface area contributed by atoms with Crippen molar-refractivity contribution in [1.82, 2.24) is 0 Å². The average Bonchev–Trinajstić information content (AvgIpc) is 3.09. The summed E-state index contributed by atoms with van der Waals surface area (Å²) in [7, 11) is 0. The number of halogens is 1. The summed E-state index contributed by atoms with van der Waals surface area (Å²) in [6.07, 6.45) is 3.96. The molecule has 2 aromatic carbocycles. The molecule has 0 aliphatic heterocycles. The van der Waals surface area contributed by atoms with Gasteiger partial charge in [-0.25, -0.2) is 0 Å². The van der Waals surface area contributed by atoms with Gasteiger partial charge in [0.15, 0.2) is 0 Å². The van der Waals surface area contributed by atoms with Crippen molar-refractivity contribution in [3.8, 4) is 0 Å². The minimum absolute atomic E-state index is 0. The zero-order valence-electron chi connectivity index (χ0n) is 16.8. The molecule has 3 N–H and O–H groups in total. The first-order valence-corrected chi connectivity index (χ1v) is 10.1. The van der Waals surface area contributed by atoms with Crippen LogP contribution in [0.3, 0.4) is 0 Å². The second-order valence-corrected chi connectivity index (χ2v) is 7.45. The number of amides is 2. The summed E-state index contributed by atoms with van der Waals surface area (Å²) in [6.45, 7) is 2.60. The maximum absolute atomic E-state index is 12.7. The lowest BCUT2D eigenvalue weighted by atomic mass is 10.00. The van der Waals surface area contributed by atoms with E-state index in [0.29, 0.717) is 19.4 Å². The lowest BCUT2D eigenvalue weighted by Crippen LogP contribution is -2.31. The van der Waals surface area contributed by atoms with Crippen molar-refractivity contribution >= 4 is 35.6 Å². The van der Waals surface area contributed by atoms with Crippen LogP contribution >= 0.6 is 12.4 Å². The van der Waals surface area contributed by atoms with Crippen LogP contribution in [-0.2, 0) is 16.0 Å². The Hall–Kier alpha value is -2.37. The molecule has 1 fully saturated rings. The third kappa shape index (κ3) is 6.31. The first-order chi connectivity index (χ1) is 13.6. The molecule has 0 aromatic heterocycles. The quantitative estimate of drug-likeness (QED) is 0.712. The summed E-state index contributed by atoms with van der Waals surface area (Å²) < 4.78 is 0. The van der Waals surface area contributed by atoms with Crippen LogP contribution in [0.2, 0.25) is 0 Å². The predicted molar refractivity (Wildman–Crippen MR) is 120 cm³/mol. The van der Waals surface area contributed by atoms with Gasteiger partial charge in [-0.1, -0.05) is 36.8 Å². The van der Waals surface area contributed by atoms with Crippen molar-refractivity contribution in [2.24, 2.45) is 11.7 Å². The molecule has 1 saturated carbocycles. The second kappa shape index (κ2) is 11.0. The van der Waals surface area contributed by atoms with Crippen LogP contribution in [0.15, 0.2) is 54.6 Å². The van der Waals surface area contributed by atoms with E-state index in [-0.39, 0.29) is 36.2 Å². The van der Waals surface area contributed by atoms with Crippen LogP contribution in [0.1, 0.15) is 38.2 Å². The highest BCUT2D eigenvalue weighted by atomic mass is 35.5. The Morgan fingerprint density at radius 1 is 1.07 bits per heavy atom. The molecule has 2 amide bonds. The number of carbonyl (C=O) groups excluding carboxylic acids is 2. The van der Waals surface area contributed by atoms with Crippen LogP contribution in [-0.4, -0.2) is 24.4 Å². The number of hydrogen-bond acceptors (Lipinski definition) is 3. The maximum Gasteiger partial charge on any atom is 0.231 e. The highest BCUT2D eigenvalue weighted by molar-refractivity contribution is 5.95. The van der Waals surface area contributed by atoms with Gasteiger partial charge in [-0.2, -0.15) is 0 Å². The summed E-state index contributed by atoms with van der Waals surface area (Å²) in [6, 6.07) is 17.3. The first-order valence-electron chi connectivity index (χ1n) is 10.1. The van der Waals surface area contributed by atoms with E-state index in [2.05, 4.69) is 5.32 Å². The van der Waals surface area contributed by atoms with E-state index >= 15 is 0 Å². The maximum atomic E-state index is 12.7. The molecule has 5 nitrogen and oxygen atoms in total. The monoisotopic (exact) mass is 415 g/mol. The topological polar surface area (TPSA) is 75.4 Å². The largest absolute Gasteiger partial charge is 0.327 e. The average molecular weight is 416 g/mol. The molecule has 1 aliphatic carbocycles. The molecule has 0 spiro atoms. The Balaban J connectivity index is 0.00000300. The Morgan fingerprint density at radius 2 is 1.76 bits per heavy atom. The highest BCUT2D eigenvalue weighted by Crippen LogP contribution is 2.27. The zero-order valence-corrected chi connectivity index (χ0v) is 17.7. The van der Waals surface area contributed by atoms with Crippen LogP contribution in [0.4, 0.5) is 11.4 Å². The Labute approximate surface area is 179 Å². The number of hydrogen-bond donors (Lipinski definition) is 2. The number of rotatable bonds is 7. The van der Waals surface area contributed by atoms with E-state index in [9.17, 15) is 9.59 Å². The molecular weight excluding hydrogens is 386 g/mol. The van der Waals surface area contributed by atoms with Gasteiger partial charge in [0.1, 0.15) is 0 Å². The van der Waals surface area contributed by atoms with Gasteiger partial charge in [0.25, 0.3) is 0 Å². The number of anilines is 2. The van der Waals surface area contributed by atoms with Crippen molar-refractivity contribution in [3.05, 3.63) is 60.2 Å². The van der Waals surface area contributed by atoms with Crippen molar-refractivity contribution in [3.63, 3.8) is 0 Å². The van der Waals surface area contributed by atoms with Crippen LogP contribution in [0, 0.1) is 5.92 Å². The predicted octanol–water partition coefficient (Wildman–Crippen LogP) is 4.16. The fourth-order valence-corrected chi connectivity index (χ4v) is 3.86. The van der Waals surface area contributed by atoms with Gasteiger partial charge in [-0.05, 0) is 55.5 Å². The smallest absolute Gasteiger partial charge is 0.231 e. The molecule has 156 valence electrons. The summed E-state index contributed by atoms with van der Waals surface area (Å²) in [5.41, 5.74) is 8.63. The number of carbonyl (C=O) groups is 2. The van der Waals surface area contributed by atoms with Gasteiger partial charge in [-0.3, -0.25) is 9.59 Å². The number of likely N-dealkylation sites (N-methyl/N-ethyl adjacent to an activating group) is 1. The van der Waals surface area contributed by atoms with E-state index < -0.39 is 0 Å². The molecule has 3 rings (SSSR count). The summed E-state index contributed by atoms with van der Waals surface area (Å²) in [5, 5.41) is 2.94. The summed E-state index contributed by atoms with van der Waals surface area (Å²) in [4.78, 5) is 26.7. The minimum Gasteiger partial charge on any atom is -0.327 e. The third-order valence-electron chi connectivity index (χ3n) is 5.44. The van der Waals surface area contributed by atoms with E-state index in [4.69, 9.17) is 5.73 Å².